The Bertz CT molecular complexity index is 405. The summed E-state index contributed by atoms with van der Waals surface area (Å²) in [6.07, 6.45) is 10.8. The summed E-state index contributed by atoms with van der Waals surface area (Å²) in [5, 5.41) is 6.43. The largest absolute Gasteiger partial charge is 0.315 e. The molecule has 1 aliphatic rings. The minimum absolute atomic E-state index is 0.909. The zero-order valence-corrected chi connectivity index (χ0v) is 13.7. The average molecular weight is 298 g/mol. The fourth-order valence-electron chi connectivity index (χ4n) is 1.74. The van der Waals surface area contributed by atoms with Crippen molar-refractivity contribution < 1.29 is 0 Å². The van der Waals surface area contributed by atoms with E-state index in [1.165, 1.54) is 16.1 Å². The van der Waals surface area contributed by atoms with Crippen LogP contribution in [0.5, 0.6) is 0 Å². The maximum Gasteiger partial charge on any atom is 0.0262 e. The molecule has 0 unspecified atom stereocenters. The molecule has 0 fully saturated rings. The lowest BCUT2D eigenvalue weighted by Gasteiger charge is -2.13. The van der Waals surface area contributed by atoms with Gasteiger partial charge < -0.3 is 5.32 Å². The van der Waals surface area contributed by atoms with Crippen LogP contribution in [0.15, 0.2) is 44.7 Å². The molecule has 0 atom stereocenters. The number of allylic oxidation sites excluding steroid dienone is 6. The van der Waals surface area contributed by atoms with E-state index in [4.69, 9.17) is 11.6 Å². The monoisotopic (exact) mass is 297 g/mol. The van der Waals surface area contributed by atoms with Gasteiger partial charge in [0.1, 0.15) is 0 Å². The summed E-state index contributed by atoms with van der Waals surface area (Å²) in [5.74, 6) is 0. The van der Waals surface area contributed by atoms with Gasteiger partial charge in [0.05, 0.1) is 0 Å². The molecule has 1 heterocycles. The molecule has 1 N–H and O–H groups in total. The Morgan fingerprint density at radius 2 is 2.26 bits per heavy atom. The fourth-order valence-corrected chi connectivity index (χ4v) is 2.74. The minimum atomic E-state index is 0.909. The molecule has 0 saturated carbocycles. The number of likely N-dealkylation sites (N-methyl/N-ethyl adjacent to an activating group) is 1. The Morgan fingerprint density at radius 1 is 1.47 bits per heavy atom. The van der Waals surface area contributed by atoms with Crippen molar-refractivity contribution in [1.29, 1.82) is 0 Å². The summed E-state index contributed by atoms with van der Waals surface area (Å²) in [4.78, 5) is 1.43. The number of thioether (sulfide) groups is 1. The second-order valence-electron chi connectivity index (χ2n) is 4.78. The van der Waals surface area contributed by atoms with Crippen molar-refractivity contribution in [3.05, 3.63) is 44.7 Å². The van der Waals surface area contributed by atoms with Crippen molar-refractivity contribution in [1.82, 2.24) is 5.32 Å². The molecule has 1 aliphatic heterocycles. The van der Waals surface area contributed by atoms with E-state index in [0.29, 0.717) is 0 Å². The van der Waals surface area contributed by atoms with E-state index >= 15 is 0 Å². The smallest absolute Gasteiger partial charge is 0.0262 e. The first-order chi connectivity index (χ1) is 9.15. The number of nitrogens with one attached hydrogen (secondary N) is 1. The summed E-state index contributed by atoms with van der Waals surface area (Å²) in [6.45, 7) is 5.23. The standard InChI is InChI=1S/C16H24ClNS/c1-4-15(17)9-6-13(2)5-7-14-8-10-16(11-18-3)19-12-14/h6,9-10,12,18H,4-5,7-8,11H2,1-3H3/b13-6+,15-9+. The van der Waals surface area contributed by atoms with Crippen molar-refractivity contribution in [2.24, 2.45) is 0 Å². The van der Waals surface area contributed by atoms with Gasteiger partial charge >= 0.3 is 0 Å². The van der Waals surface area contributed by atoms with Crippen molar-refractivity contribution in [3.63, 3.8) is 0 Å². The lowest BCUT2D eigenvalue weighted by molar-refractivity contribution is 0.882. The molecular weight excluding hydrogens is 274 g/mol. The highest BCUT2D eigenvalue weighted by Crippen LogP contribution is 2.29. The van der Waals surface area contributed by atoms with E-state index in [1.54, 1.807) is 0 Å². The molecular formula is C16H24ClNS. The number of halogens is 1. The molecule has 19 heavy (non-hydrogen) atoms. The first-order valence-electron chi connectivity index (χ1n) is 6.85. The van der Waals surface area contributed by atoms with Crippen molar-refractivity contribution in [3.8, 4) is 0 Å². The Labute approximate surface area is 126 Å². The Hall–Kier alpha value is -0.440. The minimum Gasteiger partial charge on any atom is -0.315 e. The van der Waals surface area contributed by atoms with Gasteiger partial charge in [0.2, 0.25) is 0 Å². The highest BCUT2D eigenvalue weighted by molar-refractivity contribution is 8.05. The molecule has 0 spiro atoms. The van der Waals surface area contributed by atoms with Gasteiger partial charge in [-0.05, 0) is 56.0 Å². The first kappa shape index (κ1) is 16.6. The number of hydrogen-bond donors (Lipinski definition) is 1. The molecule has 1 rings (SSSR count). The Morgan fingerprint density at radius 3 is 2.84 bits per heavy atom. The van der Waals surface area contributed by atoms with Crippen LogP contribution in [-0.4, -0.2) is 13.6 Å². The lowest BCUT2D eigenvalue weighted by Crippen LogP contribution is -2.09. The van der Waals surface area contributed by atoms with Crippen LogP contribution in [0.1, 0.15) is 39.5 Å². The molecule has 3 heteroatoms. The quantitative estimate of drug-likeness (QED) is 0.634. The van der Waals surface area contributed by atoms with Crippen molar-refractivity contribution >= 4 is 23.4 Å². The number of rotatable bonds is 7. The van der Waals surface area contributed by atoms with E-state index in [0.717, 1.165) is 37.3 Å². The number of hydrogen-bond acceptors (Lipinski definition) is 2. The zero-order chi connectivity index (χ0) is 14.1. The third-order valence-electron chi connectivity index (χ3n) is 3.05. The van der Waals surface area contributed by atoms with Gasteiger partial charge in [-0.25, -0.2) is 0 Å². The van der Waals surface area contributed by atoms with Gasteiger partial charge in [0.15, 0.2) is 0 Å². The third-order valence-corrected chi connectivity index (χ3v) is 4.50. The normalized spacial score (nSPS) is 17.3. The van der Waals surface area contributed by atoms with E-state index in [9.17, 15) is 0 Å². The highest BCUT2D eigenvalue weighted by Gasteiger charge is 2.05. The Kier molecular flexibility index (Phi) is 8.27. The van der Waals surface area contributed by atoms with Crippen LogP contribution in [-0.2, 0) is 0 Å². The van der Waals surface area contributed by atoms with E-state index in [1.807, 2.05) is 24.9 Å². The van der Waals surface area contributed by atoms with Gasteiger partial charge in [-0.1, -0.05) is 41.8 Å². The van der Waals surface area contributed by atoms with Gasteiger partial charge in [-0.3, -0.25) is 0 Å². The molecule has 0 amide bonds. The molecule has 0 aliphatic carbocycles. The predicted molar refractivity (Wildman–Crippen MR) is 89.5 cm³/mol. The molecule has 0 aromatic rings. The van der Waals surface area contributed by atoms with Crippen LogP contribution in [0.25, 0.3) is 0 Å². The molecule has 0 bridgehead atoms. The molecule has 0 radical (unpaired) electrons. The van der Waals surface area contributed by atoms with E-state index in [-0.39, 0.29) is 0 Å². The summed E-state index contributed by atoms with van der Waals surface area (Å²) < 4.78 is 0. The summed E-state index contributed by atoms with van der Waals surface area (Å²) in [5.41, 5.74) is 2.92. The fraction of sp³-hybridized carbons (Fsp3) is 0.500. The SMILES string of the molecule is CC/C(Cl)=C\C=C(/C)CCC1=CSC(CNC)=CC1. The van der Waals surface area contributed by atoms with E-state index < -0.39 is 0 Å². The van der Waals surface area contributed by atoms with E-state index in [2.05, 4.69) is 36.7 Å². The summed E-state index contributed by atoms with van der Waals surface area (Å²) in [7, 11) is 1.99. The van der Waals surface area contributed by atoms with Gasteiger partial charge in [-0.2, -0.15) is 0 Å². The summed E-state index contributed by atoms with van der Waals surface area (Å²) in [6, 6.07) is 0. The maximum atomic E-state index is 5.99. The molecule has 0 aromatic carbocycles. The summed E-state index contributed by atoms with van der Waals surface area (Å²) >= 11 is 7.85. The second-order valence-corrected chi connectivity index (χ2v) is 6.26. The zero-order valence-electron chi connectivity index (χ0n) is 12.1. The maximum absolute atomic E-state index is 5.99. The van der Waals surface area contributed by atoms with Crippen LogP contribution in [0.2, 0.25) is 0 Å². The van der Waals surface area contributed by atoms with Gasteiger partial charge in [0, 0.05) is 11.6 Å². The van der Waals surface area contributed by atoms with Crippen LogP contribution in [0.3, 0.4) is 0 Å². The van der Waals surface area contributed by atoms with Crippen molar-refractivity contribution in [2.75, 3.05) is 13.6 Å². The average Bonchev–Trinajstić information content (AvgIpc) is 2.44. The highest BCUT2D eigenvalue weighted by atomic mass is 35.5. The van der Waals surface area contributed by atoms with Crippen LogP contribution in [0.4, 0.5) is 0 Å². The predicted octanol–water partition coefficient (Wildman–Crippen LogP) is 5.37. The van der Waals surface area contributed by atoms with Crippen molar-refractivity contribution in [2.45, 2.75) is 39.5 Å². The van der Waals surface area contributed by atoms with Gasteiger partial charge in [0.25, 0.3) is 0 Å². The third kappa shape index (κ3) is 7.05. The molecule has 0 saturated heterocycles. The topological polar surface area (TPSA) is 12.0 Å². The second kappa shape index (κ2) is 9.46. The molecule has 106 valence electrons. The first-order valence-corrected chi connectivity index (χ1v) is 8.11. The Balaban J connectivity index is 2.35. The molecule has 1 nitrogen and oxygen atoms in total. The lowest BCUT2D eigenvalue weighted by atomic mass is 10.0. The van der Waals surface area contributed by atoms with Gasteiger partial charge in [-0.15, -0.1) is 11.8 Å². The van der Waals surface area contributed by atoms with Crippen LogP contribution >= 0.6 is 23.4 Å². The van der Waals surface area contributed by atoms with Crippen LogP contribution in [0, 0.1) is 0 Å². The van der Waals surface area contributed by atoms with Crippen LogP contribution < -0.4 is 5.32 Å². The molecule has 0 aromatic heterocycles.